The van der Waals surface area contributed by atoms with Crippen LogP contribution in [0.1, 0.15) is 27.8 Å². The highest BCUT2D eigenvalue weighted by atomic mass is 32.1. The van der Waals surface area contributed by atoms with Crippen LogP contribution in [0.4, 0.5) is 0 Å². The molecule has 0 aliphatic heterocycles. The molecular weight excluding hydrogens is 310 g/mol. The van der Waals surface area contributed by atoms with E-state index < -0.39 is 5.92 Å². The maximum Gasteiger partial charge on any atom is 0.190 e. The maximum atomic E-state index is 12.6. The topological polar surface area (TPSA) is 84.5 Å². The van der Waals surface area contributed by atoms with Crippen LogP contribution in [0.2, 0.25) is 0 Å². The number of aryl methyl sites for hydroxylation is 1. The minimum atomic E-state index is -1.000. The summed E-state index contributed by atoms with van der Waals surface area (Å²) in [4.78, 5) is 12.6. The van der Waals surface area contributed by atoms with E-state index in [1.165, 1.54) is 11.5 Å². The number of carbonyl (C=O) groups excluding carboxylic acids is 1. The van der Waals surface area contributed by atoms with Crippen LogP contribution in [-0.4, -0.2) is 24.9 Å². The lowest BCUT2D eigenvalue weighted by molar-refractivity contribution is 0.0974. The van der Waals surface area contributed by atoms with Crippen molar-refractivity contribution in [3.05, 3.63) is 52.8 Å². The van der Waals surface area contributed by atoms with Gasteiger partial charge in [-0.05, 0) is 18.5 Å². The highest BCUT2D eigenvalue weighted by molar-refractivity contribution is 7.04. The molecule has 3 aromatic rings. The number of nitrogens with zero attached hydrogens (tertiary/aromatic N) is 5. The number of carbonyl (C=O) groups is 1. The third kappa shape index (κ3) is 2.64. The zero-order chi connectivity index (χ0) is 16.4. The van der Waals surface area contributed by atoms with Gasteiger partial charge >= 0.3 is 0 Å². The molecule has 0 fully saturated rings. The van der Waals surface area contributed by atoms with E-state index in [1.54, 1.807) is 23.9 Å². The van der Waals surface area contributed by atoms with Crippen LogP contribution in [0, 0.1) is 18.3 Å². The van der Waals surface area contributed by atoms with Gasteiger partial charge in [0.05, 0.1) is 17.3 Å². The molecule has 0 saturated carbocycles. The summed E-state index contributed by atoms with van der Waals surface area (Å²) in [7, 11) is 1.76. The molecule has 0 N–H and O–H groups in total. The predicted molar refractivity (Wildman–Crippen MR) is 86.0 cm³/mol. The first-order chi connectivity index (χ1) is 11.1. The summed E-state index contributed by atoms with van der Waals surface area (Å²) in [5.41, 5.74) is 1.97. The van der Waals surface area contributed by atoms with E-state index in [1.807, 2.05) is 36.4 Å². The largest absolute Gasteiger partial charge is 0.313 e. The number of hydrogen-bond donors (Lipinski definition) is 0. The average molecular weight is 323 g/mol. The highest BCUT2D eigenvalue weighted by Crippen LogP contribution is 2.25. The van der Waals surface area contributed by atoms with E-state index in [-0.39, 0.29) is 5.78 Å². The molecule has 0 spiro atoms. The second-order valence-electron chi connectivity index (χ2n) is 5.05. The van der Waals surface area contributed by atoms with Crippen molar-refractivity contribution in [2.45, 2.75) is 12.8 Å². The summed E-state index contributed by atoms with van der Waals surface area (Å²) in [6.07, 6.45) is 0. The van der Waals surface area contributed by atoms with Crippen LogP contribution in [0.25, 0.3) is 11.4 Å². The summed E-state index contributed by atoms with van der Waals surface area (Å²) >= 11 is 1.20. The second-order valence-corrected chi connectivity index (χ2v) is 5.68. The Morgan fingerprint density at radius 3 is 2.65 bits per heavy atom. The summed E-state index contributed by atoms with van der Waals surface area (Å²) in [6, 6.07) is 11.6. The van der Waals surface area contributed by atoms with Crippen molar-refractivity contribution in [3.63, 3.8) is 0 Å². The van der Waals surface area contributed by atoms with Crippen molar-refractivity contribution >= 4 is 17.3 Å². The van der Waals surface area contributed by atoms with Gasteiger partial charge in [-0.2, -0.15) is 9.64 Å². The molecule has 0 saturated heterocycles. The average Bonchev–Trinajstić information content (AvgIpc) is 3.15. The Balaban J connectivity index is 2.01. The fourth-order valence-electron chi connectivity index (χ4n) is 2.35. The Hall–Kier alpha value is -2.85. The maximum absolute atomic E-state index is 12.6. The molecule has 23 heavy (non-hydrogen) atoms. The standard InChI is InChI=1S/C16H13N5OS/c1-10-13(9-23-20-10)14(22)12(8-17)16-19-18-15(21(16)2)11-6-4-3-5-7-11/h3-7,9,12H,1-2H3/t12-/m1/s1. The Morgan fingerprint density at radius 1 is 1.30 bits per heavy atom. The molecule has 6 nitrogen and oxygen atoms in total. The molecule has 1 atom stereocenters. The van der Waals surface area contributed by atoms with E-state index in [9.17, 15) is 10.1 Å². The first-order valence-electron chi connectivity index (χ1n) is 6.93. The van der Waals surface area contributed by atoms with Crippen molar-refractivity contribution in [2.75, 3.05) is 0 Å². The number of ketones is 1. The van der Waals surface area contributed by atoms with E-state index in [0.717, 1.165) is 5.56 Å². The van der Waals surface area contributed by atoms with Crippen molar-refractivity contribution in [1.29, 1.82) is 5.26 Å². The minimum Gasteiger partial charge on any atom is -0.313 e. The van der Waals surface area contributed by atoms with Gasteiger partial charge < -0.3 is 4.57 Å². The number of rotatable bonds is 4. The number of aromatic nitrogens is 4. The summed E-state index contributed by atoms with van der Waals surface area (Å²) in [6.45, 7) is 1.75. The Bertz CT molecular complexity index is 891. The number of Topliss-reactive ketones (excluding diaryl/α,β-unsaturated/α-hetero) is 1. The molecular formula is C16H13N5OS. The first-order valence-corrected chi connectivity index (χ1v) is 7.76. The van der Waals surface area contributed by atoms with Crippen LogP contribution in [-0.2, 0) is 7.05 Å². The van der Waals surface area contributed by atoms with Gasteiger partial charge in [0.2, 0.25) is 0 Å². The van der Waals surface area contributed by atoms with Crippen LogP contribution >= 0.6 is 11.5 Å². The molecule has 7 heteroatoms. The van der Waals surface area contributed by atoms with E-state index in [2.05, 4.69) is 14.6 Å². The van der Waals surface area contributed by atoms with E-state index in [4.69, 9.17) is 0 Å². The molecule has 2 heterocycles. The Morgan fingerprint density at radius 2 is 2.04 bits per heavy atom. The van der Waals surface area contributed by atoms with Gasteiger partial charge in [-0.25, -0.2) is 0 Å². The third-order valence-corrected chi connectivity index (χ3v) is 4.33. The van der Waals surface area contributed by atoms with Gasteiger partial charge in [0.15, 0.2) is 23.3 Å². The predicted octanol–water partition coefficient (Wildman–Crippen LogP) is 2.74. The van der Waals surface area contributed by atoms with Gasteiger partial charge in [0.25, 0.3) is 0 Å². The summed E-state index contributed by atoms with van der Waals surface area (Å²) < 4.78 is 5.78. The van der Waals surface area contributed by atoms with Gasteiger partial charge in [-0.15, -0.1) is 10.2 Å². The molecule has 3 rings (SSSR count). The zero-order valence-electron chi connectivity index (χ0n) is 12.6. The molecule has 1 aromatic carbocycles. The first kappa shape index (κ1) is 15.1. The molecule has 0 amide bonds. The molecule has 114 valence electrons. The van der Waals surface area contributed by atoms with Crippen molar-refractivity contribution in [1.82, 2.24) is 19.1 Å². The monoisotopic (exact) mass is 323 g/mol. The normalized spacial score (nSPS) is 11.9. The van der Waals surface area contributed by atoms with Crippen LogP contribution in [0.15, 0.2) is 35.7 Å². The fourth-order valence-corrected chi connectivity index (χ4v) is 3.05. The zero-order valence-corrected chi connectivity index (χ0v) is 13.4. The molecule has 2 aromatic heterocycles. The minimum absolute atomic E-state index is 0.297. The van der Waals surface area contributed by atoms with E-state index in [0.29, 0.717) is 22.9 Å². The number of hydrogen-bond acceptors (Lipinski definition) is 6. The van der Waals surface area contributed by atoms with E-state index >= 15 is 0 Å². The summed E-state index contributed by atoms with van der Waals surface area (Å²) in [5, 5.41) is 19.4. The molecule has 0 aliphatic rings. The quantitative estimate of drug-likeness (QED) is 0.689. The highest BCUT2D eigenvalue weighted by Gasteiger charge is 2.29. The number of nitriles is 1. The van der Waals surface area contributed by atoms with Crippen LogP contribution in [0.5, 0.6) is 0 Å². The Labute approximate surface area is 137 Å². The SMILES string of the molecule is Cc1nscc1C(=O)[C@@H](C#N)c1nnc(-c2ccccc2)n1C. The fraction of sp³-hybridized carbons (Fsp3) is 0.188. The lowest BCUT2D eigenvalue weighted by Gasteiger charge is -2.08. The van der Waals surface area contributed by atoms with Crippen molar-refractivity contribution in [3.8, 4) is 17.5 Å². The van der Waals surface area contributed by atoms with Gasteiger partial charge in [-0.1, -0.05) is 30.3 Å². The van der Waals surface area contributed by atoms with Crippen LogP contribution in [0.3, 0.4) is 0 Å². The molecule has 0 bridgehead atoms. The second kappa shape index (κ2) is 6.10. The molecule has 0 unspecified atom stereocenters. The van der Waals surface area contributed by atoms with Crippen molar-refractivity contribution in [2.24, 2.45) is 7.05 Å². The smallest absolute Gasteiger partial charge is 0.190 e. The lowest BCUT2D eigenvalue weighted by Crippen LogP contribution is -2.16. The van der Waals surface area contributed by atoms with Gasteiger partial charge in [0.1, 0.15) is 0 Å². The van der Waals surface area contributed by atoms with Crippen molar-refractivity contribution < 1.29 is 4.79 Å². The third-order valence-electron chi connectivity index (χ3n) is 3.61. The Kier molecular flexibility index (Phi) is 4.00. The molecule has 0 aliphatic carbocycles. The van der Waals surface area contributed by atoms with Gasteiger partial charge in [0, 0.05) is 18.0 Å². The van der Waals surface area contributed by atoms with Gasteiger partial charge in [-0.3, -0.25) is 4.79 Å². The number of benzene rings is 1. The molecule has 0 radical (unpaired) electrons. The van der Waals surface area contributed by atoms with Crippen LogP contribution < -0.4 is 0 Å². The summed E-state index contributed by atoms with van der Waals surface area (Å²) in [5.74, 6) is -0.343. The lowest BCUT2D eigenvalue weighted by atomic mass is 9.99.